The summed E-state index contributed by atoms with van der Waals surface area (Å²) in [6.07, 6.45) is 8.77. The van der Waals surface area contributed by atoms with Gasteiger partial charge in [-0.25, -0.2) is 13.8 Å². The van der Waals surface area contributed by atoms with Crippen molar-refractivity contribution in [3.63, 3.8) is 0 Å². The van der Waals surface area contributed by atoms with Gasteiger partial charge in [0.1, 0.15) is 6.79 Å². The maximum atomic E-state index is 14.3. The Kier molecular flexibility index (Phi) is 7.55. The Labute approximate surface area is 219 Å². The van der Waals surface area contributed by atoms with Gasteiger partial charge in [0.05, 0.1) is 23.5 Å². The number of allylic oxidation sites excluding steroid dienone is 4. The summed E-state index contributed by atoms with van der Waals surface area (Å²) in [6, 6.07) is 1.96. The highest BCUT2D eigenvalue weighted by molar-refractivity contribution is 5.93. The van der Waals surface area contributed by atoms with Crippen LogP contribution in [0.4, 0.5) is 8.78 Å². The number of benzene rings is 1. The first-order chi connectivity index (χ1) is 17.8. The number of hydrogen-bond donors (Lipinski definition) is 0. The van der Waals surface area contributed by atoms with Crippen LogP contribution in [0.15, 0.2) is 48.2 Å². The van der Waals surface area contributed by atoms with E-state index in [0.29, 0.717) is 5.92 Å². The number of nitrogens with zero attached hydrogens (tertiary/aromatic N) is 2. The summed E-state index contributed by atoms with van der Waals surface area (Å²) >= 11 is 0. The van der Waals surface area contributed by atoms with Gasteiger partial charge in [0.2, 0.25) is 0 Å². The van der Waals surface area contributed by atoms with Gasteiger partial charge < -0.3 is 9.69 Å². The quantitative estimate of drug-likeness (QED) is 0.397. The van der Waals surface area contributed by atoms with Crippen molar-refractivity contribution in [1.29, 1.82) is 0 Å². The zero-order valence-electron chi connectivity index (χ0n) is 22.6. The van der Waals surface area contributed by atoms with E-state index in [4.69, 9.17) is 9.78 Å². The highest BCUT2D eigenvalue weighted by Crippen LogP contribution is 2.49. The molecule has 0 spiro atoms. The minimum absolute atomic E-state index is 0.119. The lowest BCUT2D eigenvalue weighted by Gasteiger charge is -2.32. The first-order valence-corrected chi connectivity index (χ1v) is 13.5. The first-order valence-electron chi connectivity index (χ1n) is 13.5. The van der Waals surface area contributed by atoms with Crippen molar-refractivity contribution in [1.82, 2.24) is 9.88 Å². The third-order valence-corrected chi connectivity index (χ3v) is 7.93. The van der Waals surface area contributed by atoms with Crippen LogP contribution in [0.2, 0.25) is 0 Å². The number of rotatable bonds is 4. The van der Waals surface area contributed by atoms with Gasteiger partial charge in [-0.2, -0.15) is 0 Å². The fourth-order valence-electron chi connectivity index (χ4n) is 6.46. The molecule has 3 heterocycles. The molecule has 196 valence electrons. The molecule has 0 atom stereocenters. The fraction of sp³-hybridized carbons (Fsp3) is 0.438. The Morgan fingerprint density at radius 3 is 2.43 bits per heavy atom. The number of halogens is 2. The lowest BCUT2D eigenvalue weighted by Crippen LogP contribution is -2.21. The first kappa shape index (κ1) is 27.0. The largest absolute Gasteiger partial charge is 0.335 e. The summed E-state index contributed by atoms with van der Waals surface area (Å²) < 4.78 is 28.6. The number of aromatic nitrogens is 1. The van der Waals surface area contributed by atoms with E-state index in [9.17, 15) is 8.78 Å². The van der Waals surface area contributed by atoms with Gasteiger partial charge in [0, 0.05) is 29.5 Å². The monoisotopic (exact) mass is 504 g/mol. The highest BCUT2D eigenvalue weighted by atomic mass is 19.3. The molecule has 0 unspecified atom stereocenters. The second-order valence-electron chi connectivity index (χ2n) is 10.3. The van der Waals surface area contributed by atoms with Crippen molar-refractivity contribution in [2.24, 2.45) is 5.92 Å². The molecule has 0 radical (unpaired) electrons. The maximum absolute atomic E-state index is 14.3. The Bertz CT molecular complexity index is 1330. The van der Waals surface area contributed by atoms with Crippen molar-refractivity contribution in [2.75, 3.05) is 0 Å². The van der Waals surface area contributed by atoms with Crippen molar-refractivity contribution < 1.29 is 13.6 Å². The topological polar surface area (TPSA) is 33.2 Å². The minimum atomic E-state index is -2.63. The number of fused-ring (bicyclic) bond motifs is 6. The second-order valence-corrected chi connectivity index (χ2v) is 10.3. The standard InChI is InChI=1S/C29H30F2N2.C2H6.CH2O/c1-5-6-8-19-17(4)33-15-24-21-10-7-9-20-23-14-29(30,31)13-18(23)11-25(27(20)21)32-28(24)26(33)12-22(19)16(2)3;2*1-2/h5,11-12,16H,1,4,6-10,13-15H2,2-3H3;1-2H3;1H2. The van der Waals surface area contributed by atoms with Gasteiger partial charge in [0.25, 0.3) is 5.92 Å². The molecule has 3 nitrogen and oxygen atoms in total. The molecule has 0 fully saturated rings. The van der Waals surface area contributed by atoms with Crippen molar-refractivity contribution >= 4 is 23.4 Å². The highest BCUT2D eigenvalue weighted by Gasteiger charge is 2.41. The zero-order valence-corrected chi connectivity index (χ0v) is 22.6. The van der Waals surface area contributed by atoms with Crippen molar-refractivity contribution in [3.05, 3.63) is 81.7 Å². The molecule has 2 aliphatic heterocycles. The average molecular weight is 505 g/mol. The summed E-state index contributed by atoms with van der Waals surface area (Å²) in [5.41, 5.74) is 12.2. The van der Waals surface area contributed by atoms with Crippen LogP contribution in [0.3, 0.4) is 0 Å². The van der Waals surface area contributed by atoms with Crippen molar-refractivity contribution in [2.45, 2.75) is 85.1 Å². The molecule has 6 rings (SSSR count). The van der Waals surface area contributed by atoms with E-state index < -0.39 is 5.92 Å². The molecule has 1 aromatic heterocycles. The van der Waals surface area contributed by atoms with E-state index in [-0.39, 0.29) is 12.8 Å². The molecule has 0 saturated carbocycles. The van der Waals surface area contributed by atoms with Crippen molar-refractivity contribution in [3.8, 4) is 0 Å². The van der Waals surface area contributed by atoms with Crippen LogP contribution >= 0.6 is 0 Å². The van der Waals surface area contributed by atoms with Crippen LogP contribution in [0.1, 0.15) is 80.5 Å². The number of carbonyl (C=O) groups is 1. The van der Waals surface area contributed by atoms with E-state index in [1.54, 1.807) is 0 Å². The summed E-state index contributed by atoms with van der Waals surface area (Å²) in [4.78, 5) is 15.5. The van der Waals surface area contributed by atoms with E-state index in [1.807, 2.05) is 32.8 Å². The second kappa shape index (κ2) is 10.4. The van der Waals surface area contributed by atoms with Crippen LogP contribution < -0.4 is 0 Å². The van der Waals surface area contributed by atoms with Gasteiger partial charge in [-0.3, -0.25) is 0 Å². The molecule has 0 saturated heterocycles. The molecule has 2 aromatic rings. The maximum Gasteiger partial charge on any atom is 0.256 e. The molecule has 4 aliphatic rings. The summed E-state index contributed by atoms with van der Waals surface area (Å²) in [7, 11) is 0. The SMILES string of the molecule is C=CCCC1=C(C(C)C)C=C2c3nc4cc5c(c6c4c(c3CN2C1=C)CCC6)CC(F)(F)C5.C=O.CC. The molecule has 5 heteroatoms. The molecular weight excluding hydrogens is 466 g/mol. The van der Waals surface area contributed by atoms with Gasteiger partial charge in [-0.05, 0) is 83.6 Å². The predicted octanol–water partition coefficient (Wildman–Crippen LogP) is 7.90. The van der Waals surface area contributed by atoms with E-state index >= 15 is 0 Å². The van der Waals surface area contributed by atoms with E-state index in [2.05, 4.69) is 38.0 Å². The molecule has 2 aliphatic carbocycles. The van der Waals surface area contributed by atoms with Crippen LogP contribution in [0.5, 0.6) is 0 Å². The Morgan fingerprint density at radius 1 is 1.11 bits per heavy atom. The molecule has 0 amide bonds. The Balaban J connectivity index is 0.000000765. The summed E-state index contributed by atoms with van der Waals surface area (Å²) in [5, 5.41) is 1.16. The van der Waals surface area contributed by atoms with Gasteiger partial charge in [-0.1, -0.05) is 40.3 Å². The summed E-state index contributed by atoms with van der Waals surface area (Å²) in [5.74, 6) is -2.24. The Morgan fingerprint density at radius 2 is 1.78 bits per heavy atom. The fourth-order valence-corrected chi connectivity index (χ4v) is 6.46. The molecule has 0 bridgehead atoms. The van der Waals surface area contributed by atoms with E-state index in [1.165, 1.54) is 22.3 Å². The molecule has 1 aromatic carbocycles. The molecular formula is C32H38F2N2O. The zero-order chi connectivity index (χ0) is 27.1. The lowest BCUT2D eigenvalue weighted by atomic mass is 9.83. The average Bonchev–Trinajstić information content (AvgIpc) is 3.42. The minimum Gasteiger partial charge on any atom is -0.335 e. The normalized spacial score (nSPS) is 18.4. The van der Waals surface area contributed by atoms with Gasteiger partial charge in [-0.15, -0.1) is 6.58 Å². The van der Waals surface area contributed by atoms with Crippen LogP contribution in [0.25, 0.3) is 16.6 Å². The smallest absolute Gasteiger partial charge is 0.256 e. The predicted molar refractivity (Wildman–Crippen MR) is 149 cm³/mol. The van der Waals surface area contributed by atoms with Crippen LogP contribution in [0, 0.1) is 5.92 Å². The van der Waals surface area contributed by atoms with Crippen LogP contribution in [-0.2, 0) is 37.0 Å². The summed E-state index contributed by atoms with van der Waals surface area (Å²) in [6.45, 7) is 19.6. The molecule has 37 heavy (non-hydrogen) atoms. The number of aryl methyl sites for hydroxylation is 2. The number of carbonyl (C=O) groups excluding carboxylic acids is 1. The van der Waals surface area contributed by atoms with E-state index in [0.717, 1.165) is 83.3 Å². The van der Waals surface area contributed by atoms with Gasteiger partial charge >= 0.3 is 0 Å². The number of hydrogen-bond acceptors (Lipinski definition) is 3. The Hall–Kier alpha value is -3.08. The number of alkyl halides is 2. The third kappa shape index (κ3) is 4.36. The van der Waals surface area contributed by atoms with Gasteiger partial charge in [0.15, 0.2) is 0 Å². The molecule has 0 N–H and O–H groups in total. The van der Waals surface area contributed by atoms with Crippen LogP contribution in [-0.4, -0.2) is 22.6 Å². The number of pyridine rings is 1. The third-order valence-electron chi connectivity index (χ3n) is 7.93. The lowest BCUT2D eigenvalue weighted by molar-refractivity contribution is -0.0980.